The Bertz CT molecular complexity index is 1140. The summed E-state index contributed by atoms with van der Waals surface area (Å²) in [6.45, 7) is 0. The summed E-state index contributed by atoms with van der Waals surface area (Å²) in [6.07, 6.45) is 1.47. The van der Waals surface area contributed by atoms with Gasteiger partial charge in [-0.05, 0) is 54.6 Å². The number of nitrogens with one attached hydrogen (secondary N) is 1. The molecule has 146 valence electrons. The molecule has 1 aromatic heterocycles. The molecule has 2 aromatic carbocycles. The van der Waals surface area contributed by atoms with Crippen molar-refractivity contribution in [3.63, 3.8) is 0 Å². The minimum absolute atomic E-state index is 0. The first-order valence-electron chi connectivity index (χ1n) is 7.87. The SMILES string of the molecule is O=C(O)c1cc(N=Nc2ccc(S(=O)(=O)Nc3ccccn3)cc2)ccc1O.[SrH2]. The second kappa shape index (κ2) is 9.94. The molecule has 3 N–H and O–H groups in total. The molecule has 29 heavy (non-hydrogen) atoms. The van der Waals surface area contributed by atoms with Gasteiger partial charge in [0.15, 0.2) is 0 Å². The van der Waals surface area contributed by atoms with E-state index in [-0.39, 0.29) is 73.2 Å². The molecule has 0 saturated heterocycles. The fraction of sp³-hybridized carbons (Fsp3) is 0. The number of azo groups is 1. The van der Waals surface area contributed by atoms with Crippen LogP contribution in [0.5, 0.6) is 5.75 Å². The van der Waals surface area contributed by atoms with E-state index in [1.807, 2.05) is 0 Å². The molecule has 0 saturated carbocycles. The van der Waals surface area contributed by atoms with E-state index in [9.17, 15) is 18.3 Å². The maximum atomic E-state index is 12.3. The topological polar surface area (TPSA) is 141 Å². The predicted molar refractivity (Wildman–Crippen MR) is 109 cm³/mol. The number of aromatic hydroxyl groups is 1. The van der Waals surface area contributed by atoms with Gasteiger partial charge in [0.25, 0.3) is 10.0 Å². The van der Waals surface area contributed by atoms with Gasteiger partial charge >= 0.3 is 51.5 Å². The molecule has 0 aliphatic heterocycles. The van der Waals surface area contributed by atoms with E-state index in [1.165, 1.54) is 54.7 Å². The number of rotatable bonds is 6. The van der Waals surface area contributed by atoms with Crippen molar-refractivity contribution in [1.82, 2.24) is 4.98 Å². The van der Waals surface area contributed by atoms with E-state index in [1.54, 1.807) is 12.1 Å². The molecule has 1 heterocycles. The number of anilines is 1. The van der Waals surface area contributed by atoms with Gasteiger partial charge in [0, 0.05) is 6.20 Å². The van der Waals surface area contributed by atoms with E-state index in [4.69, 9.17) is 5.11 Å². The molecule has 0 atom stereocenters. The zero-order valence-corrected chi connectivity index (χ0v) is 15.0. The van der Waals surface area contributed by atoms with Crippen LogP contribution in [0.2, 0.25) is 0 Å². The number of carboxylic acids is 1. The molecule has 0 bridgehead atoms. The number of hydrogen-bond donors (Lipinski definition) is 3. The molecular weight excluding hydrogens is 472 g/mol. The number of aromatic nitrogens is 1. The van der Waals surface area contributed by atoms with Crippen LogP contribution in [0.3, 0.4) is 0 Å². The molecule has 0 spiro atoms. The van der Waals surface area contributed by atoms with Crippen molar-refractivity contribution >= 4 is 78.7 Å². The number of phenols is 1. The molecule has 0 fully saturated rings. The Morgan fingerprint density at radius 1 is 0.966 bits per heavy atom. The van der Waals surface area contributed by atoms with Crippen molar-refractivity contribution in [3.8, 4) is 5.75 Å². The van der Waals surface area contributed by atoms with E-state index in [0.29, 0.717) is 5.69 Å². The van der Waals surface area contributed by atoms with Gasteiger partial charge < -0.3 is 10.2 Å². The van der Waals surface area contributed by atoms with Crippen LogP contribution in [-0.2, 0) is 10.0 Å². The van der Waals surface area contributed by atoms with Crippen LogP contribution >= 0.6 is 0 Å². The Kier molecular flexibility index (Phi) is 7.88. The maximum absolute atomic E-state index is 12.3. The van der Waals surface area contributed by atoms with Crippen LogP contribution in [0.1, 0.15) is 10.4 Å². The standard InChI is InChI=1S/C18H14N4O5S.Sr.2H/c23-16-9-6-13(11-15(16)18(24)25)21-20-12-4-7-14(8-5-12)28(26,27)22-17-3-1-2-10-19-17;;;/h1-11,23H,(H,19,22)(H,24,25);;;. The Morgan fingerprint density at radius 3 is 2.24 bits per heavy atom. The third-order valence-corrected chi connectivity index (χ3v) is 4.91. The third-order valence-electron chi connectivity index (χ3n) is 3.54. The van der Waals surface area contributed by atoms with Gasteiger partial charge in [-0.15, -0.1) is 0 Å². The molecule has 3 rings (SSSR count). The van der Waals surface area contributed by atoms with Gasteiger partial charge in [0.1, 0.15) is 17.1 Å². The number of carboxylic acid groups (broad SMARTS) is 1. The summed E-state index contributed by atoms with van der Waals surface area (Å²) in [5.74, 6) is -1.46. The average Bonchev–Trinajstić information content (AvgIpc) is 2.68. The van der Waals surface area contributed by atoms with Crippen LogP contribution < -0.4 is 4.72 Å². The van der Waals surface area contributed by atoms with Gasteiger partial charge in [0.2, 0.25) is 0 Å². The fourth-order valence-corrected chi connectivity index (χ4v) is 3.19. The quantitative estimate of drug-likeness (QED) is 0.360. The Hall–Kier alpha value is -2.31. The molecule has 0 radical (unpaired) electrons. The summed E-state index contributed by atoms with van der Waals surface area (Å²) >= 11 is 0. The molecule has 0 amide bonds. The second-order valence-corrected chi connectivity index (χ2v) is 7.20. The van der Waals surface area contributed by atoms with Crippen molar-refractivity contribution in [2.75, 3.05) is 4.72 Å². The van der Waals surface area contributed by atoms with Crippen molar-refractivity contribution in [1.29, 1.82) is 0 Å². The summed E-state index contributed by atoms with van der Waals surface area (Å²) in [4.78, 5) is 14.9. The predicted octanol–water partition coefficient (Wildman–Crippen LogP) is 2.79. The third kappa shape index (κ3) is 6.08. The number of aromatic carboxylic acids is 1. The number of pyridine rings is 1. The second-order valence-electron chi connectivity index (χ2n) is 5.52. The first-order valence-corrected chi connectivity index (χ1v) is 9.35. The first-order chi connectivity index (χ1) is 13.3. The molecule has 9 nitrogen and oxygen atoms in total. The summed E-state index contributed by atoms with van der Waals surface area (Å²) < 4.78 is 27.0. The van der Waals surface area contributed by atoms with Crippen molar-refractivity contribution in [2.24, 2.45) is 10.2 Å². The van der Waals surface area contributed by atoms with Gasteiger partial charge in [-0.2, -0.15) is 10.2 Å². The average molecular weight is 488 g/mol. The Morgan fingerprint density at radius 2 is 1.62 bits per heavy atom. The minimum atomic E-state index is -3.79. The number of benzene rings is 2. The van der Waals surface area contributed by atoms with Crippen molar-refractivity contribution < 1.29 is 23.4 Å². The zero-order valence-electron chi connectivity index (χ0n) is 14.2. The van der Waals surface area contributed by atoms with Crippen molar-refractivity contribution in [3.05, 3.63) is 72.4 Å². The van der Waals surface area contributed by atoms with Crippen LogP contribution in [0.25, 0.3) is 0 Å². The molecular formula is C18H16N4O5SSr. The van der Waals surface area contributed by atoms with E-state index in [0.717, 1.165) is 0 Å². The number of sulfonamides is 1. The molecule has 0 aliphatic carbocycles. The van der Waals surface area contributed by atoms with Gasteiger partial charge in [-0.1, -0.05) is 6.07 Å². The molecule has 0 unspecified atom stereocenters. The normalized spacial score (nSPS) is 11.0. The van der Waals surface area contributed by atoms with Crippen LogP contribution in [0.15, 0.2) is 82.0 Å². The molecule has 3 aromatic rings. The zero-order chi connectivity index (χ0) is 20.1. The van der Waals surface area contributed by atoms with Gasteiger partial charge in [-0.3, -0.25) is 4.72 Å². The number of hydrogen-bond acceptors (Lipinski definition) is 7. The summed E-state index contributed by atoms with van der Waals surface area (Å²) in [7, 11) is -3.79. The summed E-state index contributed by atoms with van der Waals surface area (Å²) in [5, 5.41) is 26.3. The Labute approximate surface area is 203 Å². The van der Waals surface area contributed by atoms with Crippen LogP contribution in [0.4, 0.5) is 17.2 Å². The molecule has 11 heteroatoms. The fourth-order valence-electron chi connectivity index (χ4n) is 2.18. The number of carbonyl (C=O) groups is 1. The Balaban J connectivity index is 0.00000300. The van der Waals surface area contributed by atoms with E-state index in [2.05, 4.69) is 19.9 Å². The van der Waals surface area contributed by atoms with Crippen molar-refractivity contribution in [2.45, 2.75) is 4.90 Å². The van der Waals surface area contributed by atoms with E-state index >= 15 is 0 Å². The van der Waals surface area contributed by atoms with E-state index < -0.39 is 16.0 Å². The van der Waals surface area contributed by atoms with Crippen LogP contribution in [0, 0.1) is 0 Å². The van der Waals surface area contributed by atoms with Gasteiger partial charge in [-0.25, -0.2) is 18.2 Å². The van der Waals surface area contributed by atoms with Gasteiger partial charge in [0.05, 0.1) is 16.3 Å². The first kappa shape index (κ1) is 23.0. The summed E-state index contributed by atoms with van der Waals surface area (Å²) in [6, 6.07) is 14.3. The molecule has 0 aliphatic rings. The monoisotopic (exact) mass is 488 g/mol. The van der Waals surface area contributed by atoms with Crippen LogP contribution in [-0.4, -0.2) is 75.1 Å². The number of nitrogens with zero attached hydrogens (tertiary/aromatic N) is 3. The summed E-state index contributed by atoms with van der Waals surface area (Å²) in [5.41, 5.74) is 0.295.